The zero-order valence-corrected chi connectivity index (χ0v) is 12.4. The van der Waals surface area contributed by atoms with Crippen LogP contribution in [0.25, 0.3) is 0 Å². The Bertz CT molecular complexity index is 652. The number of halogens is 1. The van der Waals surface area contributed by atoms with Gasteiger partial charge in [-0.15, -0.1) is 0 Å². The first kappa shape index (κ1) is 15.0. The van der Waals surface area contributed by atoms with Crippen molar-refractivity contribution in [1.29, 1.82) is 0 Å². The van der Waals surface area contributed by atoms with Crippen LogP contribution in [-0.4, -0.2) is 20.1 Å². The van der Waals surface area contributed by atoms with Gasteiger partial charge < -0.3 is 20.5 Å². The lowest BCUT2D eigenvalue weighted by atomic mass is 10.2. The minimum absolute atomic E-state index is 0.298. The zero-order chi connectivity index (χ0) is 15.4. The first-order valence-electron chi connectivity index (χ1n) is 6.13. The van der Waals surface area contributed by atoms with Crippen molar-refractivity contribution in [3.8, 4) is 11.5 Å². The minimum Gasteiger partial charge on any atom is -0.497 e. The first-order valence-corrected chi connectivity index (χ1v) is 6.50. The number of benzene rings is 2. The molecular weight excluding hydrogens is 292 g/mol. The summed E-state index contributed by atoms with van der Waals surface area (Å²) >= 11 is 5.83. The Hall–Kier alpha value is -2.40. The molecule has 3 N–H and O–H groups in total. The standard InChI is InChI=1S/C15H15ClN2O3/c1-20-11-6-10(7-12(8-11)21-2)18-15(19)9-3-4-13(16)14(17)5-9/h3-8H,17H2,1-2H3,(H,18,19). The van der Waals surface area contributed by atoms with Gasteiger partial charge in [0.1, 0.15) is 11.5 Å². The van der Waals surface area contributed by atoms with E-state index in [9.17, 15) is 4.79 Å². The van der Waals surface area contributed by atoms with Crippen molar-refractivity contribution in [1.82, 2.24) is 0 Å². The van der Waals surface area contributed by atoms with Gasteiger partial charge in [-0.25, -0.2) is 0 Å². The molecule has 0 atom stereocenters. The van der Waals surface area contributed by atoms with E-state index in [2.05, 4.69) is 5.32 Å². The predicted octanol–water partition coefficient (Wildman–Crippen LogP) is 3.19. The van der Waals surface area contributed by atoms with Crippen molar-refractivity contribution >= 4 is 28.9 Å². The minimum atomic E-state index is -0.298. The van der Waals surface area contributed by atoms with Crippen LogP contribution in [0.1, 0.15) is 10.4 Å². The van der Waals surface area contributed by atoms with Crippen LogP contribution in [0.3, 0.4) is 0 Å². The summed E-state index contributed by atoms with van der Waals surface area (Å²) in [5.74, 6) is 0.870. The predicted molar refractivity (Wildman–Crippen MR) is 83.4 cm³/mol. The SMILES string of the molecule is COc1cc(NC(=O)c2ccc(Cl)c(N)c2)cc(OC)c1. The van der Waals surface area contributed by atoms with E-state index in [1.54, 1.807) is 44.6 Å². The average Bonchev–Trinajstić information content (AvgIpc) is 2.49. The Morgan fingerprint density at radius 1 is 1.10 bits per heavy atom. The number of rotatable bonds is 4. The van der Waals surface area contributed by atoms with Crippen LogP contribution in [0, 0.1) is 0 Å². The van der Waals surface area contributed by atoms with Crippen LogP contribution in [0.15, 0.2) is 36.4 Å². The number of carbonyl (C=O) groups excluding carboxylic acids is 1. The molecule has 0 saturated heterocycles. The fourth-order valence-electron chi connectivity index (χ4n) is 1.77. The number of methoxy groups -OCH3 is 2. The highest BCUT2D eigenvalue weighted by atomic mass is 35.5. The molecular formula is C15H15ClN2O3. The van der Waals surface area contributed by atoms with E-state index in [0.29, 0.717) is 33.5 Å². The lowest BCUT2D eigenvalue weighted by Crippen LogP contribution is -2.12. The van der Waals surface area contributed by atoms with Crippen molar-refractivity contribution in [2.24, 2.45) is 0 Å². The third-order valence-corrected chi connectivity index (χ3v) is 3.21. The third-order valence-electron chi connectivity index (χ3n) is 2.87. The monoisotopic (exact) mass is 306 g/mol. The highest BCUT2D eigenvalue weighted by molar-refractivity contribution is 6.33. The lowest BCUT2D eigenvalue weighted by Gasteiger charge is -2.10. The molecule has 2 rings (SSSR count). The van der Waals surface area contributed by atoms with Crippen LogP contribution in [0.4, 0.5) is 11.4 Å². The molecule has 0 fully saturated rings. The Morgan fingerprint density at radius 3 is 2.24 bits per heavy atom. The fraction of sp³-hybridized carbons (Fsp3) is 0.133. The van der Waals surface area contributed by atoms with E-state index in [1.165, 1.54) is 6.07 Å². The number of ether oxygens (including phenoxy) is 2. The molecule has 0 spiro atoms. The molecule has 0 heterocycles. The van der Waals surface area contributed by atoms with Gasteiger partial charge in [0, 0.05) is 29.4 Å². The first-order chi connectivity index (χ1) is 10.0. The van der Waals surface area contributed by atoms with Crippen LogP contribution >= 0.6 is 11.6 Å². The highest BCUT2D eigenvalue weighted by Gasteiger charge is 2.10. The van der Waals surface area contributed by atoms with Gasteiger partial charge in [0.25, 0.3) is 5.91 Å². The summed E-state index contributed by atoms with van der Waals surface area (Å²) in [6.45, 7) is 0. The van der Waals surface area contributed by atoms with Crippen LogP contribution < -0.4 is 20.5 Å². The van der Waals surface area contributed by atoms with Crippen LogP contribution in [-0.2, 0) is 0 Å². The molecule has 0 aliphatic heterocycles. The van der Waals surface area contributed by atoms with Crippen molar-refractivity contribution in [3.05, 3.63) is 47.0 Å². The molecule has 5 nitrogen and oxygen atoms in total. The summed E-state index contributed by atoms with van der Waals surface area (Å²) in [7, 11) is 3.08. The van der Waals surface area contributed by atoms with Crippen molar-refractivity contribution in [2.75, 3.05) is 25.3 Å². The number of nitrogens with two attached hydrogens (primary N) is 1. The van der Waals surface area contributed by atoms with E-state index < -0.39 is 0 Å². The van der Waals surface area contributed by atoms with Gasteiger partial charge in [-0.05, 0) is 18.2 Å². The normalized spacial score (nSPS) is 10.0. The molecule has 0 radical (unpaired) electrons. The van der Waals surface area contributed by atoms with Gasteiger partial charge in [0.15, 0.2) is 0 Å². The molecule has 0 aliphatic rings. The number of nitrogens with one attached hydrogen (secondary N) is 1. The molecule has 2 aromatic rings. The Balaban J connectivity index is 2.24. The molecule has 0 unspecified atom stereocenters. The van der Waals surface area contributed by atoms with Crippen molar-refractivity contribution in [2.45, 2.75) is 0 Å². The van der Waals surface area contributed by atoms with Gasteiger partial charge >= 0.3 is 0 Å². The highest BCUT2D eigenvalue weighted by Crippen LogP contribution is 2.26. The summed E-state index contributed by atoms with van der Waals surface area (Å²) in [5, 5.41) is 3.17. The number of nitrogen functional groups attached to an aromatic ring is 1. The summed E-state index contributed by atoms with van der Waals surface area (Å²) in [4.78, 5) is 12.2. The maximum absolute atomic E-state index is 12.2. The molecule has 0 saturated carbocycles. The fourth-order valence-corrected chi connectivity index (χ4v) is 1.89. The molecule has 6 heteroatoms. The second-order valence-electron chi connectivity index (χ2n) is 4.29. The maximum Gasteiger partial charge on any atom is 0.255 e. The summed E-state index contributed by atoms with van der Waals surface area (Å²) in [5.41, 5.74) is 7.02. The zero-order valence-electron chi connectivity index (χ0n) is 11.6. The summed E-state index contributed by atoms with van der Waals surface area (Å²) < 4.78 is 10.3. The number of hydrogen-bond donors (Lipinski definition) is 2. The molecule has 0 aliphatic carbocycles. The van der Waals surface area contributed by atoms with Crippen molar-refractivity contribution in [3.63, 3.8) is 0 Å². The Morgan fingerprint density at radius 2 is 1.71 bits per heavy atom. The Kier molecular flexibility index (Phi) is 4.55. The van der Waals surface area contributed by atoms with Gasteiger partial charge in [-0.3, -0.25) is 4.79 Å². The number of carbonyl (C=O) groups is 1. The van der Waals surface area contributed by atoms with Gasteiger partial charge in [0.2, 0.25) is 0 Å². The van der Waals surface area contributed by atoms with Gasteiger partial charge in [0.05, 0.1) is 24.9 Å². The van der Waals surface area contributed by atoms with E-state index in [0.717, 1.165) is 0 Å². The number of amides is 1. The summed E-state index contributed by atoms with van der Waals surface area (Å²) in [6.07, 6.45) is 0. The van der Waals surface area contributed by atoms with E-state index in [4.69, 9.17) is 26.8 Å². The topological polar surface area (TPSA) is 73.6 Å². The van der Waals surface area contributed by atoms with E-state index in [-0.39, 0.29) is 5.91 Å². The second kappa shape index (κ2) is 6.37. The van der Waals surface area contributed by atoms with Crippen molar-refractivity contribution < 1.29 is 14.3 Å². The van der Waals surface area contributed by atoms with E-state index >= 15 is 0 Å². The Labute approximate surface area is 127 Å². The van der Waals surface area contributed by atoms with E-state index in [1.807, 2.05) is 0 Å². The molecule has 110 valence electrons. The number of anilines is 2. The maximum atomic E-state index is 12.2. The largest absolute Gasteiger partial charge is 0.497 e. The number of hydrogen-bond acceptors (Lipinski definition) is 4. The molecule has 1 amide bonds. The molecule has 0 aromatic heterocycles. The quantitative estimate of drug-likeness (QED) is 0.851. The lowest BCUT2D eigenvalue weighted by molar-refractivity contribution is 0.102. The van der Waals surface area contributed by atoms with Crippen LogP contribution in [0.2, 0.25) is 5.02 Å². The molecule has 2 aromatic carbocycles. The smallest absolute Gasteiger partial charge is 0.255 e. The van der Waals surface area contributed by atoms with Crippen LogP contribution in [0.5, 0.6) is 11.5 Å². The second-order valence-corrected chi connectivity index (χ2v) is 4.70. The van der Waals surface area contributed by atoms with Gasteiger partial charge in [-0.2, -0.15) is 0 Å². The molecule has 21 heavy (non-hydrogen) atoms. The van der Waals surface area contributed by atoms with Gasteiger partial charge in [-0.1, -0.05) is 11.6 Å². The average molecular weight is 307 g/mol. The molecule has 0 bridgehead atoms. The third kappa shape index (κ3) is 3.58. The summed E-state index contributed by atoms with van der Waals surface area (Å²) in [6, 6.07) is 9.81.